The van der Waals surface area contributed by atoms with E-state index in [2.05, 4.69) is 15.1 Å². The Hall–Kier alpha value is -2.96. The van der Waals surface area contributed by atoms with Crippen molar-refractivity contribution in [2.75, 3.05) is 13.2 Å². The molecule has 0 atom stereocenters. The van der Waals surface area contributed by atoms with E-state index in [0.717, 1.165) is 16.8 Å². The molecule has 3 aromatic rings. The largest absolute Gasteiger partial charge is 0.476 e. The van der Waals surface area contributed by atoms with Gasteiger partial charge in [-0.2, -0.15) is 5.10 Å². The number of hydrogen-bond acceptors (Lipinski definition) is 6. The molecule has 0 bridgehead atoms. The zero-order valence-corrected chi connectivity index (χ0v) is 13.6. The first-order chi connectivity index (χ1) is 11.7. The molecule has 7 nitrogen and oxygen atoms in total. The summed E-state index contributed by atoms with van der Waals surface area (Å²) in [6, 6.07) is 9.73. The number of aryl methyl sites for hydroxylation is 1. The molecule has 1 aromatic carbocycles. The molecule has 7 heteroatoms. The number of esters is 1. The first kappa shape index (κ1) is 15.9. The molecule has 0 saturated carbocycles. The molecule has 24 heavy (non-hydrogen) atoms. The molecule has 0 aliphatic carbocycles. The van der Waals surface area contributed by atoms with E-state index in [1.165, 1.54) is 6.33 Å². The molecule has 124 valence electrons. The van der Waals surface area contributed by atoms with E-state index in [0.29, 0.717) is 18.1 Å². The molecule has 0 N–H and O–H groups in total. The van der Waals surface area contributed by atoms with Gasteiger partial charge in [-0.3, -0.25) is 4.79 Å². The average Bonchev–Trinajstić information content (AvgIpc) is 2.94. The lowest BCUT2D eigenvalue weighted by Crippen LogP contribution is -2.10. The summed E-state index contributed by atoms with van der Waals surface area (Å²) in [7, 11) is 0. The standard InChI is InChI=1S/C17H18N4O3/c1-3-23-14(22)9-10-24-17-15-12(2)20-21(16(15)18-11-19-17)13-7-5-4-6-8-13/h4-8,11H,3,9-10H2,1-2H3. The molecule has 0 aliphatic rings. The molecular weight excluding hydrogens is 308 g/mol. The van der Waals surface area contributed by atoms with E-state index in [-0.39, 0.29) is 19.0 Å². The van der Waals surface area contributed by atoms with Gasteiger partial charge >= 0.3 is 5.97 Å². The van der Waals surface area contributed by atoms with Crippen molar-refractivity contribution >= 4 is 17.0 Å². The second kappa shape index (κ2) is 7.08. The fraction of sp³-hybridized carbons (Fsp3) is 0.294. The lowest BCUT2D eigenvalue weighted by molar-refractivity contribution is -0.143. The number of carbonyl (C=O) groups excluding carboxylic acids is 1. The molecule has 0 amide bonds. The summed E-state index contributed by atoms with van der Waals surface area (Å²) >= 11 is 0. The van der Waals surface area contributed by atoms with Gasteiger partial charge in [0, 0.05) is 0 Å². The van der Waals surface area contributed by atoms with Crippen molar-refractivity contribution < 1.29 is 14.3 Å². The van der Waals surface area contributed by atoms with Crippen LogP contribution >= 0.6 is 0 Å². The van der Waals surface area contributed by atoms with Crippen LogP contribution < -0.4 is 4.74 Å². The Morgan fingerprint density at radius 2 is 2.00 bits per heavy atom. The number of nitrogens with zero attached hydrogens (tertiary/aromatic N) is 4. The SMILES string of the molecule is CCOC(=O)CCOc1ncnc2c1c(C)nn2-c1ccccc1. The fourth-order valence-electron chi connectivity index (χ4n) is 2.41. The molecule has 0 saturated heterocycles. The van der Waals surface area contributed by atoms with Crippen LogP contribution in [-0.4, -0.2) is 38.9 Å². The Balaban J connectivity index is 1.88. The Labute approximate surface area is 139 Å². The minimum absolute atomic E-state index is 0.172. The molecule has 0 spiro atoms. The fourth-order valence-corrected chi connectivity index (χ4v) is 2.41. The number of ether oxygens (including phenoxy) is 2. The summed E-state index contributed by atoms with van der Waals surface area (Å²) in [5.74, 6) is 0.128. The molecule has 2 aromatic heterocycles. The number of aromatic nitrogens is 4. The van der Waals surface area contributed by atoms with E-state index < -0.39 is 0 Å². The minimum Gasteiger partial charge on any atom is -0.476 e. The number of fused-ring (bicyclic) bond motifs is 1. The van der Waals surface area contributed by atoms with Crippen molar-refractivity contribution in [2.45, 2.75) is 20.3 Å². The summed E-state index contributed by atoms with van der Waals surface area (Å²) in [5.41, 5.74) is 2.34. The first-order valence-electron chi connectivity index (χ1n) is 7.75. The highest BCUT2D eigenvalue weighted by Crippen LogP contribution is 2.26. The molecule has 0 unspecified atom stereocenters. The number of hydrogen-bond donors (Lipinski definition) is 0. The van der Waals surface area contributed by atoms with Gasteiger partial charge in [0.25, 0.3) is 0 Å². The van der Waals surface area contributed by atoms with Crippen LogP contribution in [0.2, 0.25) is 0 Å². The van der Waals surface area contributed by atoms with Crippen LogP contribution in [-0.2, 0) is 9.53 Å². The first-order valence-corrected chi connectivity index (χ1v) is 7.75. The predicted octanol–water partition coefficient (Wildman–Crippen LogP) is 2.46. The maximum atomic E-state index is 11.4. The topological polar surface area (TPSA) is 79.1 Å². The van der Waals surface area contributed by atoms with Crippen molar-refractivity contribution in [1.82, 2.24) is 19.7 Å². The van der Waals surface area contributed by atoms with Crippen LogP contribution in [0, 0.1) is 6.92 Å². The Morgan fingerprint density at radius 1 is 1.21 bits per heavy atom. The van der Waals surface area contributed by atoms with E-state index in [4.69, 9.17) is 9.47 Å². The highest BCUT2D eigenvalue weighted by molar-refractivity contribution is 5.84. The highest BCUT2D eigenvalue weighted by Gasteiger charge is 2.16. The van der Waals surface area contributed by atoms with Gasteiger partial charge in [0.05, 0.1) is 24.4 Å². The van der Waals surface area contributed by atoms with Crippen molar-refractivity contribution in [3.63, 3.8) is 0 Å². The zero-order chi connectivity index (χ0) is 16.9. The van der Waals surface area contributed by atoms with Gasteiger partial charge in [-0.1, -0.05) is 18.2 Å². The van der Waals surface area contributed by atoms with Crippen molar-refractivity contribution in [3.05, 3.63) is 42.4 Å². The van der Waals surface area contributed by atoms with E-state index in [1.54, 1.807) is 11.6 Å². The maximum Gasteiger partial charge on any atom is 0.309 e. The van der Waals surface area contributed by atoms with E-state index >= 15 is 0 Å². The summed E-state index contributed by atoms with van der Waals surface area (Å²) in [4.78, 5) is 19.9. The Morgan fingerprint density at radius 3 is 2.75 bits per heavy atom. The normalized spacial score (nSPS) is 10.8. The summed E-state index contributed by atoms with van der Waals surface area (Å²) in [5, 5.41) is 5.28. The Bertz CT molecular complexity index is 846. The summed E-state index contributed by atoms with van der Waals surface area (Å²) < 4.78 is 12.3. The summed E-state index contributed by atoms with van der Waals surface area (Å²) in [6.45, 7) is 4.21. The van der Waals surface area contributed by atoms with Gasteiger partial charge in [-0.15, -0.1) is 0 Å². The Kier molecular flexibility index (Phi) is 4.69. The second-order valence-electron chi connectivity index (χ2n) is 5.11. The third kappa shape index (κ3) is 3.19. The number of carbonyl (C=O) groups is 1. The van der Waals surface area contributed by atoms with Gasteiger partial charge < -0.3 is 9.47 Å². The molecule has 0 radical (unpaired) electrons. The smallest absolute Gasteiger partial charge is 0.309 e. The van der Waals surface area contributed by atoms with E-state index in [9.17, 15) is 4.79 Å². The number of para-hydroxylation sites is 1. The third-order valence-electron chi connectivity index (χ3n) is 3.46. The third-order valence-corrected chi connectivity index (χ3v) is 3.46. The molecule has 3 rings (SSSR count). The van der Waals surface area contributed by atoms with Crippen LogP contribution in [0.4, 0.5) is 0 Å². The second-order valence-corrected chi connectivity index (χ2v) is 5.11. The van der Waals surface area contributed by atoms with Crippen LogP contribution in [0.1, 0.15) is 19.0 Å². The van der Waals surface area contributed by atoms with Gasteiger partial charge in [-0.25, -0.2) is 14.6 Å². The molecule has 2 heterocycles. The van der Waals surface area contributed by atoms with Gasteiger partial charge in [-0.05, 0) is 26.0 Å². The summed E-state index contributed by atoms with van der Waals surface area (Å²) in [6.07, 6.45) is 1.60. The predicted molar refractivity (Wildman–Crippen MR) is 88.1 cm³/mol. The molecular formula is C17H18N4O3. The average molecular weight is 326 g/mol. The van der Waals surface area contributed by atoms with Gasteiger partial charge in [0.1, 0.15) is 18.3 Å². The van der Waals surface area contributed by atoms with E-state index in [1.807, 2.05) is 37.3 Å². The number of rotatable bonds is 6. The lowest BCUT2D eigenvalue weighted by Gasteiger charge is -2.06. The molecule has 0 aliphatic heterocycles. The number of benzene rings is 1. The molecule has 0 fully saturated rings. The van der Waals surface area contributed by atoms with Crippen LogP contribution in [0.25, 0.3) is 16.7 Å². The van der Waals surface area contributed by atoms with Crippen molar-refractivity contribution in [1.29, 1.82) is 0 Å². The maximum absolute atomic E-state index is 11.4. The lowest BCUT2D eigenvalue weighted by atomic mass is 10.3. The van der Waals surface area contributed by atoms with Gasteiger partial charge in [0.15, 0.2) is 5.65 Å². The van der Waals surface area contributed by atoms with Crippen LogP contribution in [0.3, 0.4) is 0 Å². The van der Waals surface area contributed by atoms with Crippen molar-refractivity contribution in [2.24, 2.45) is 0 Å². The van der Waals surface area contributed by atoms with Crippen LogP contribution in [0.15, 0.2) is 36.7 Å². The minimum atomic E-state index is -0.292. The quantitative estimate of drug-likeness (QED) is 0.647. The van der Waals surface area contributed by atoms with Gasteiger partial charge in [0.2, 0.25) is 5.88 Å². The monoisotopic (exact) mass is 326 g/mol. The highest BCUT2D eigenvalue weighted by atomic mass is 16.5. The zero-order valence-electron chi connectivity index (χ0n) is 13.6. The van der Waals surface area contributed by atoms with Crippen molar-refractivity contribution in [3.8, 4) is 11.6 Å². The van der Waals surface area contributed by atoms with Crippen LogP contribution in [0.5, 0.6) is 5.88 Å².